The second-order valence-corrected chi connectivity index (χ2v) is 8.95. The van der Waals surface area contributed by atoms with Gasteiger partial charge in [0.1, 0.15) is 0 Å². The van der Waals surface area contributed by atoms with Gasteiger partial charge in [-0.15, -0.1) is 6.58 Å². The number of allylic oxidation sites excluding steroid dienone is 3. The Morgan fingerprint density at radius 2 is 1.36 bits per heavy atom. The number of benzene rings is 2. The van der Waals surface area contributed by atoms with Crippen LogP contribution in [0.25, 0.3) is 28.3 Å². The Hall–Kier alpha value is -3.07. The summed E-state index contributed by atoms with van der Waals surface area (Å²) in [5.41, 5.74) is 3.13. The van der Waals surface area contributed by atoms with E-state index in [2.05, 4.69) is 77.6 Å². The molecule has 0 fully saturated rings. The van der Waals surface area contributed by atoms with Crippen molar-refractivity contribution in [3.63, 3.8) is 0 Å². The van der Waals surface area contributed by atoms with Crippen molar-refractivity contribution >= 4 is 5.57 Å². The van der Waals surface area contributed by atoms with E-state index in [1.54, 1.807) is 0 Å². The zero-order valence-corrected chi connectivity index (χ0v) is 20.8. The van der Waals surface area contributed by atoms with Gasteiger partial charge in [-0.05, 0) is 35.7 Å². The standard InChI is InChI=1S/C30H37N3/c1-7-17-25(26(9-3)30(6,10-4)22(5)8-2)29-32-27(23-18-13-11-14-19-23)31-28(33-29)24-20-15-12-16-21-24/h10-22,26H,4,7-9H2,1-3,5-6H3/b25-17+/t22-,26?,30-/m1/s1. The van der Waals surface area contributed by atoms with Crippen LogP contribution in [0.1, 0.15) is 59.7 Å². The van der Waals surface area contributed by atoms with Gasteiger partial charge in [0.15, 0.2) is 17.5 Å². The molecule has 3 rings (SSSR count). The zero-order chi connectivity index (χ0) is 23.8. The van der Waals surface area contributed by atoms with E-state index in [4.69, 9.17) is 15.0 Å². The number of hydrogen-bond acceptors (Lipinski definition) is 3. The van der Waals surface area contributed by atoms with E-state index in [0.29, 0.717) is 17.6 Å². The molecule has 1 aromatic heterocycles. The number of rotatable bonds is 10. The highest BCUT2D eigenvalue weighted by molar-refractivity contribution is 5.68. The fourth-order valence-corrected chi connectivity index (χ4v) is 4.67. The van der Waals surface area contributed by atoms with Gasteiger partial charge in [0.25, 0.3) is 0 Å². The highest BCUT2D eigenvalue weighted by atomic mass is 15.0. The van der Waals surface area contributed by atoms with E-state index in [-0.39, 0.29) is 11.3 Å². The van der Waals surface area contributed by atoms with E-state index in [0.717, 1.165) is 36.2 Å². The van der Waals surface area contributed by atoms with Crippen molar-refractivity contribution < 1.29 is 0 Å². The molecule has 172 valence electrons. The summed E-state index contributed by atoms with van der Waals surface area (Å²) in [7, 11) is 0. The summed E-state index contributed by atoms with van der Waals surface area (Å²) in [6.45, 7) is 15.6. The lowest BCUT2D eigenvalue weighted by Crippen LogP contribution is -2.33. The molecule has 1 unspecified atom stereocenters. The summed E-state index contributed by atoms with van der Waals surface area (Å²) in [5, 5.41) is 0. The van der Waals surface area contributed by atoms with Gasteiger partial charge in [-0.2, -0.15) is 0 Å². The molecule has 0 radical (unpaired) electrons. The Labute approximate surface area is 199 Å². The molecule has 0 aliphatic carbocycles. The predicted octanol–water partition coefficient (Wildman–Crippen LogP) is 8.26. The molecular formula is C30H37N3. The largest absolute Gasteiger partial charge is 0.209 e. The van der Waals surface area contributed by atoms with Crippen LogP contribution in [-0.2, 0) is 0 Å². The first kappa shape index (κ1) is 24.6. The van der Waals surface area contributed by atoms with E-state index in [9.17, 15) is 0 Å². The van der Waals surface area contributed by atoms with Crippen LogP contribution in [0.15, 0.2) is 79.4 Å². The second kappa shape index (κ2) is 11.2. The van der Waals surface area contributed by atoms with Crippen molar-refractivity contribution in [1.29, 1.82) is 0 Å². The van der Waals surface area contributed by atoms with Crippen LogP contribution < -0.4 is 0 Å². The predicted molar refractivity (Wildman–Crippen MR) is 141 cm³/mol. The van der Waals surface area contributed by atoms with Crippen molar-refractivity contribution in [2.75, 3.05) is 0 Å². The molecule has 3 aromatic rings. The van der Waals surface area contributed by atoms with Crippen LogP contribution in [0.2, 0.25) is 0 Å². The number of nitrogens with zero attached hydrogens (tertiary/aromatic N) is 3. The first-order valence-corrected chi connectivity index (χ1v) is 12.2. The van der Waals surface area contributed by atoms with Crippen molar-refractivity contribution in [1.82, 2.24) is 15.0 Å². The molecule has 1 heterocycles. The summed E-state index contributed by atoms with van der Waals surface area (Å²) in [4.78, 5) is 14.9. The van der Waals surface area contributed by atoms with Gasteiger partial charge >= 0.3 is 0 Å². The molecule has 3 atom stereocenters. The minimum atomic E-state index is -0.0586. The van der Waals surface area contributed by atoms with Crippen LogP contribution in [0.4, 0.5) is 0 Å². The Balaban J connectivity index is 2.24. The fraction of sp³-hybridized carbons (Fsp3) is 0.367. The topological polar surface area (TPSA) is 38.7 Å². The number of aromatic nitrogens is 3. The van der Waals surface area contributed by atoms with Gasteiger partial charge in [-0.25, -0.2) is 15.0 Å². The van der Waals surface area contributed by atoms with E-state index >= 15 is 0 Å². The molecule has 0 amide bonds. The van der Waals surface area contributed by atoms with Crippen molar-refractivity contribution in [2.45, 2.75) is 53.9 Å². The monoisotopic (exact) mass is 439 g/mol. The average Bonchev–Trinajstić information content (AvgIpc) is 2.88. The maximum absolute atomic E-state index is 5.03. The zero-order valence-electron chi connectivity index (χ0n) is 20.8. The summed E-state index contributed by atoms with van der Waals surface area (Å²) >= 11 is 0. The third-order valence-corrected chi connectivity index (χ3v) is 7.03. The van der Waals surface area contributed by atoms with Gasteiger partial charge in [-0.3, -0.25) is 0 Å². The Morgan fingerprint density at radius 1 is 0.848 bits per heavy atom. The molecule has 0 saturated carbocycles. The normalized spacial score (nSPS) is 15.5. The lowest BCUT2D eigenvalue weighted by molar-refractivity contribution is 0.196. The Morgan fingerprint density at radius 3 is 1.76 bits per heavy atom. The highest BCUT2D eigenvalue weighted by Crippen LogP contribution is 2.46. The summed E-state index contributed by atoms with van der Waals surface area (Å²) in [6, 6.07) is 20.4. The molecule has 3 heteroatoms. The fourth-order valence-electron chi connectivity index (χ4n) is 4.67. The van der Waals surface area contributed by atoms with Crippen molar-refractivity contribution in [3.8, 4) is 22.8 Å². The minimum Gasteiger partial charge on any atom is -0.209 e. The Kier molecular flexibility index (Phi) is 8.32. The smallest absolute Gasteiger partial charge is 0.164 e. The lowest BCUT2D eigenvalue weighted by atomic mass is 9.64. The van der Waals surface area contributed by atoms with Gasteiger partial charge in [0, 0.05) is 11.1 Å². The lowest BCUT2D eigenvalue weighted by Gasteiger charge is -2.41. The van der Waals surface area contributed by atoms with Crippen molar-refractivity contribution in [2.24, 2.45) is 17.3 Å². The van der Waals surface area contributed by atoms with Crippen LogP contribution >= 0.6 is 0 Å². The molecule has 0 bridgehead atoms. The average molecular weight is 440 g/mol. The molecule has 33 heavy (non-hydrogen) atoms. The van der Waals surface area contributed by atoms with Crippen LogP contribution in [0.3, 0.4) is 0 Å². The van der Waals surface area contributed by atoms with Gasteiger partial charge in [0.2, 0.25) is 0 Å². The molecule has 2 aromatic carbocycles. The van der Waals surface area contributed by atoms with Crippen molar-refractivity contribution in [3.05, 3.63) is 85.2 Å². The molecule has 0 aliphatic heterocycles. The van der Waals surface area contributed by atoms with E-state index < -0.39 is 0 Å². The van der Waals surface area contributed by atoms with Crippen LogP contribution in [0, 0.1) is 17.3 Å². The third kappa shape index (κ3) is 5.30. The SMILES string of the molecule is C=C[C@@](C)(C(CC)/C(=C\CC)c1nc(-c2ccccc2)nc(-c2ccccc2)n1)[C@H](C)CC. The molecular weight excluding hydrogens is 402 g/mol. The quantitative estimate of drug-likeness (QED) is 0.298. The maximum atomic E-state index is 5.03. The number of hydrogen-bond donors (Lipinski definition) is 0. The van der Waals surface area contributed by atoms with Crippen LogP contribution in [-0.4, -0.2) is 15.0 Å². The molecule has 0 N–H and O–H groups in total. The summed E-state index contributed by atoms with van der Waals surface area (Å²) in [6.07, 6.45) is 7.46. The van der Waals surface area contributed by atoms with E-state index in [1.165, 1.54) is 5.57 Å². The molecule has 0 saturated heterocycles. The molecule has 3 nitrogen and oxygen atoms in total. The summed E-state index contributed by atoms with van der Waals surface area (Å²) in [5.74, 6) is 2.94. The van der Waals surface area contributed by atoms with Gasteiger partial charge < -0.3 is 0 Å². The first-order chi connectivity index (χ1) is 16.0. The first-order valence-electron chi connectivity index (χ1n) is 12.2. The minimum absolute atomic E-state index is 0.0586. The maximum Gasteiger partial charge on any atom is 0.164 e. The summed E-state index contributed by atoms with van der Waals surface area (Å²) < 4.78 is 0. The molecule has 0 spiro atoms. The van der Waals surface area contributed by atoms with E-state index in [1.807, 2.05) is 36.4 Å². The second-order valence-electron chi connectivity index (χ2n) is 8.95. The van der Waals surface area contributed by atoms with Gasteiger partial charge in [-0.1, -0.05) is 114 Å². The Bertz CT molecular complexity index is 1010. The van der Waals surface area contributed by atoms with Crippen LogP contribution in [0.5, 0.6) is 0 Å². The highest BCUT2D eigenvalue weighted by Gasteiger charge is 2.38. The third-order valence-electron chi connectivity index (χ3n) is 7.03. The van der Waals surface area contributed by atoms with Gasteiger partial charge in [0.05, 0.1) is 0 Å². The molecule has 0 aliphatic rings.